The smallest absolute Gasteiger partial charge is 0.230 e. The molecule has 17 heavy (non-hydrogen) atoms. The summed E-state index contributed by atoms with van der Waals surface area (Å²) in [6.07, 6.45) is 3.25. The van der Waals surface area contributed by atoms with Gasteiger partial charge >= 0.3 is 0 Å². The average molecular weight is 235 g/mol. The van der Waals surface area contributed by atoms with Gasteiger partial charge in [-0.25, -0.2) is 0 Å². The molecule has 1 aromatic rings. The minimum absolute atomic E-state index is 0.338. The van der Waals surface area contributed by atoms with Crippen molar-refractivity contribution >= 4 is 11.9 Å². The van der Waals surface area contributed by atoms with E-state index in [-0.39, 0.29) is 0 Å². The Morgan fingerprint density at radius 2 is 2.12 bits per heavy atom. The fraction of sp³-hybridized carbons (Fsp3) is 0.750. The highest BCUT2D eigenvalue weighted by molar-refractivity contribution is 5.37. The molecule has 0 aromatic carbocycles. The number of aromatic nitrogens is 3. The van der Waals surface area contributed by atoms with E-state index in [1.54, 1.807) is 0 Å². The Hall–Kier alpha value is -1.39. The zero-order valence-electron chi connectivity index (χ0n) is 10.8. The van der Waals surface area contributed by atoms with Crippen LogP contribution < -0.4 is 10.6 Å². The third-order valence-electron chi connectivity index (χ3n) is 3.09. The molecule has 0 bridgehead atoms. The summed E-state index contributed by atoms with van der Waals surface area (Å²) >= 11 is 0. The van der Waals surface area contributed by atoms with Crippen LogP contribution in [-0.2, 0) is 6.42 Å². The van der Waals surface area contributed by atoms with E-state index in [2.05, 4.69) is 40.6 Å². The number of nitrogens with two attached hydrogens (primary N) is 1. The Bertz CT molecular complexity index is 390. The highest BCUT2D eigenvalue weighted by atomic mass is 15.3. The number of hydrogen-bond acceptors (Lipinski definition) is 5. The van der Waals surface area contributed by atoms with Crippen LogP contribution in [0.3, 0.4) is 0 Å². The van der Waals surface area contributed by atoms with E-state index < -0.39 is 0 Å². The number of nitrogen functional groups attached to an aromatic ring is 1. The van der Waals surface area contributed by atoms with Crippen LogP contribution in [0.5, 0.6) is 0 Å². The van der Waals surface area contributed by atoms with Crippen molar-refractivity contribution in [3.63, 3.8) is 0 Å². The van der Waals surface area contributed by atoms with E-state index in [1.165, 1.54) is 12.8 Å². The molecule has 5 nitrogen and oxygen atoms in total. The van der Waals surface area contributed by atoms with Crippen molar-refractivity contribution in [2.45, 2.75) is 46.1 Å². The van der Waals surface area contributed by atoms with Crippen LogP contribution in [0.25, 0.3) is 0 Å². The van der Waals surface area contributed by atoms with Gasteiger partial charge in [0, 0.05) is 19.0 Å². The highest BCUT2D eigenvalue weighted by Crippen LogP contribution is 2.22. The van der Waals surface area contributed by atoms with E-state index in [0.717, 1.165) is 24.7 Å². The molecule has 2 heterocycles. The normalized spacial score (nSPS) is 20.2. The molecule has 0 aliphatic carbocycles. The van der Waals surface area contributed by atoms with Gasteiger partial charge < -0.3 is 10.6 Å². The molecule has 1 aliphatic rings. The van der Waals surface area contributed by atoms with Crippen LogP contribution in [0.15, 0.2) is 0 Å². The number of hydrogen-bond donors (Lipinski definition) is 1. The second kappa shape index (κ2) is 4.85. The average Bonchev–Trinajstić information content (AvgIpc) is 2.62. The van der Waals surface area contributed by atoms with Crippen LogP contribution in [-0.4, -0.2) is 27.5 Å². The predicted molar refractivity (Wildman–Crippen MR) is 68.8 cm³/mol. The third kappa shape index (κ3) is 2.84. The molecule has 0 radical (unpaired) electrons. The second-order valence-corrected chi connectivity index (χ2v) is 5.19. The Kier molecular flexibility index (Phi) is 3.45. The number of anilines is 2. The molecule has 0 amide bonds. The maximum absolute atomic E-state index is 5.76. The third-order valence-corrected chi connectivity index (χ3v) is 3.09. The van der Waals surface area contributed by atoms with Gasteiger partial charge in [0.1, 0.15) is 5.82 Å². The quantitative estimate of drug-likeness (QED) is 0.862. The van der Waals surface area contributed by atoms with E-state index in [9.17, 15) is 0 Å². The molecular formula is C12H21N5. The van der Waals surface area contributed by atoms with Crippen LogP contribution in [0, 0.1) is 5.92 Å². The first-order chi connectivity index (χ1) is 8.06. The lowest BCUT2D eigenvalue weighted by Gasteiger charge is -2.21. The monoisotopic (exact) mass is 235 g/mol. The van der Waals surface area contributed by atoms with Crippen molar-refractivity contribution in [3.8, 4) is 0 Å². The SMILES string of the molecule is CC(C)Cc1nc(N)nc(N2CCCC2C)n1. The van der Waals surface area contributed by atoms with Gasteiger partial charge in [-0.15, -0.1) is 0 Å². The van der Waals surface area contributed by atoms with Crippen molar-refractivity contribution in [2.24, 2.45) is 5.92 Å². The number of nitrogens with zero attached hydrogens (tertiary/aromatic N) is 4. The molecule has 5 heteroatoms. The lowest BCUT2D eigenvalue weighted by molar-refractivity contribution is 0.614. The van der Waals surface area contributed by atoms with Crippen LogP contribution in [0.2, 0.25) is 0 Å². The number of rotatable bonds is 3. The van der Waals surface area contributed by atoms with Crippen LogP contribution in [0.4, 0.5) is 11.9 Å². The standard InChI is InChI=1S/C12H21N5/c1-8(2)7-10-14-11(13)16-12(15-10)17-6-4-5-9(17)3/h8-9H,4-7H2,1-3H3,(H2,13,14,15,16). The summed E-state index contributed by atoms with van der Waals surface area (Å²) in [5.41, 5.74) is 5.76. The van der Waals surface area contributed by atoms with E-state index in [4.69, 9.17) is 5.73 Å². The summed E-state index contributed by atoms with van der Waals surface area (Å²) in [5, 5.41) is 0. The second-order valence-electron chi connectivity index (χ2n) is 5.19. The van der Waals surface area contributed by atoms with Gasteiger partial charge in [0.05, 0.1) is 0 Å². The van der Waals surface area contributed by atoms with Crippen molar-refractivity contribution in [2.75, 3.05) is 17.2 Å². The summed E-state index contributed by atoms with van der Waals surface area (Å²) < 4.78 is 0. The first kappa shape index (κ1) is 12.1. The maximum atomic E-state index is 5.76. The molecule has 94 valence electrons. The molecular weight excluding hydrogens is 214 g/mol. The molecule has 1 fully saturated rings. The molecule has 1 aromatic heterocycles. The summed E-state index contributed by atoms with van der Waals surface area (Å²) in [7, 11) is 0. The van der Waals surface area contributed by atoms with Crippen molar-refractivity contribution in [3.05, 3.63) is 5.82 Å². The van der Waals surface area contributed by atoms with E-state index in [1.807, 2.05) is 0 Å². The van der Waals surface area contributed by atoms with Gasteiger partial charge in [-0.2, -0.15) is 15.0 Å². The van der Waals surface area contributed by atoms with Crippen LogP contribution in [0.1, 0.15) is 39.4 Å². The van der Waals surface area contributed by atoms with Crippen molar-refractivity contribution in [1.29, 1.82) is 0 Å². The van der Waals surface area contributed by atoms with E-state index >= 15 is 0 Å². The topological polar surface area (TPSA) is 67.9 Å². The first-order valence-electron chi connectivity index (χ1n) is 6.33. The predicted octanol–water partition coefficient (Wildman–Crippen LogP) is 1.64. The highest BCUT2D eigenvalue weighted by Gasteiger charge is 2.23. The molecule has 1 unspecified atom stereocenters. The van der Waals surface area contributed by atoms with Gasteiger partial charge in [-0.1, -0.05) is 13.8 Å². The Balaban J connectivity index is 2.24. The van der Waals surface area contributed by atoms with Gasteiger partial charge in [-0.3, -0.25) is 0 Å². The molecule has 1 atom stereocenters. The molecule has 0 spiro atoms. The summed E-state index contributed by atoms with van der Waals surface area (Å²) in [4.78, 5) is 15.2. The summed E-state index contributed by atoms with van der Waals surface area (Å²) in [6.45, 7) is 7.52. The van der Waals surface area contributed by atoms with Gasteiger partial charge in [0.25, 0.3) is 0 Å². The maximum Gasteiger partial charge on any atom is 0.230 e. The summed E-state index contributed by atoms with van der Waals surface area (Å²) in [6, 6.07) is 0.503. The van der Waals surface area contributed by atoms with E-state index in [0.29, 0.717) is 17.9 Å². The Morgan fingerprint density at radius 1 is 1.35 bits per heavy atom. The zero-order chi connectivity index (χ0) is 12.4. The minimum Gasteiger partial charge on any atom is -0.368 e. The van der Waals surface area contributed by atoms with Crippen molar-refractivity contribution in [1.82, 2.24) is 15.0 Å². The molecule has 1 saturated heterocycles. The molecule has 1 aliphatic heterocycles. The van der Waals surface area contributed by atoms with Gasteiger partial charge in [0.2, 0.25) is 11.9 Å². The molecule has 2 rings (SSSR count). The molecule has 2 N–H and O–H groups in total. The summed E-state index contributed by atoms with van der Waals surface area (Å²) in [5.74, 6) is 2.42. The van der Waals surface area contributed by atoms with Gasteiger partial charge in [-0.05, 0) is 25.7 Å². The lowest BCUT2D eigenvalue weighted by Crippen LogP contribution is -2.29. The fourth-order valence-corrected chi connectivity index (χ4v) is 2.24. The van der Waals surface area contributed by atoms with Crippen LogP contribution >= 0.6 is 0 Å². The largest absolute Gasteiger partial charge is 0.368 e. The van der Waals surface area contributed by atoms with Gasteiger partial charge in [0.15, 0.2) is 0 Å². The lowest BCUT2D eigenvalue weighted by atomic mass is 10.1. The zero-order valence-corrected chi connectivity index (χ0v) is 10.8. The Morgan fingerprint density at radius 3 is 2.71 bits per heavy atom. The minimum atomic E-state index is 0.338. The fourth-order valence-electron chi connectivity index (χ4n) is 2.24. The Labute approximate surface area is 102 Å². The first-order valence-corrected chi connectivity index (χ1v) is 6.33. The van der Waals surface area contributed by atoms with Crippen molar-refractivity contribution < 1.29 is 0 Å². The molecule has 0 saturated carbocycles.